The van der Waals surface area contributed by atoms with Crippen LogP contribution < -0.4 is 10.4 Å². The number of hydrogen-bond donors (Lipinski definition) is 1. The van der Waals surface area contributed by atoms with Gasteiger partial charge in [-0.1, -0.05) is 11.6 Å². The SMILES string of the molecule is O=C([O-])CNC(=O)c1cccnc1Cl. The topological polar surface area (TPSA) is 82.1 Å². The summed E-state index contributed by atoms with van der Waals surface area (Å²) in [7, 11) is 0. The fourth-order valence-corrected chi connectivity index (χ4v) is 1.01. The Labute approximate surface area is 84.7 Å². The quantitative estimate of drug-likeness (QED) is 0.668. The highest BCUT2D eigenvalue weighted by atomic mass is 35.5. The second-order valence-electron chi connectivity index (χ2n) is 2.40. The Morgan fingerprint density at radius 1 is 1.57 bits per heavy atom. The fraction of sp³-hybridized carbons (Fsp3) is 0.125. The number of hydrogen-bond acceptors (Lipinski definition) is 4. The third-order valence-corrected chi connectivity index (χ3v) is 1.70. The number of aliphatic carboxylic acids is 1. The van der Waals surface area contributed by atoms with Gasteiger partial charge in [-0.15, -0.1) is 0 Å². The van der Waals surface area contributed by atoms with Crippen LogP contribution in [-0.4, -0.2) is 23.4 Å². The Kier molecular flexibility index (Phi) is 3.41. The first kappa shape index (κ1) is 10.5. The molecule has 6 heteroatoms. The highest BCUT2D eigenvalue weighted by Gasteiger charge is 2.09. The molecule has 0 aliphatic heterocycles. The van der Waals surface area contributed by atoms with E-state index in [-0.39, 0.29) is 10.7 Å². The Morgan fingerprint density at radius 3 is 2.86 bits per heavy atom. The summed E-state index contributed by atoms with van der Waals surface area (Å²) in [6.07, 6.45) is 1.43. The van der Waals surface area contributed by atoms with Crippen molar-refractivity contribution in [3.63, 3.8) is 0 Å². The highest BCUT2D eigenvalue weighted by molar-refractivity contribution is 6.32. The van der Waals surface area contributed by atoms with Crippen molar-refractivity contribution in [3.8, 4) is 0 Å². The molecule has 74 valence electrons. The molecule has 0 fully saturated rings. The summed E-state index contributed by atoms with van der Waals surface area (Å²) >= 11 is 5.60. The lowest BCUT2D eigenvalue weighted by molar-refractivity contribution is -0.303. The summed E-state index contributed by atoms with van der Waals surface area (Å²) < 4.78 is 0. The van der Waals surface area contributed by atoms with Gasteiger partial charge in [0.25, 0.3) is 5.91 Å². The van der Waals surface area contributed by atoms with E-state index in [0.717, 1.165) is 0 Å². The van der Waals surface area contributed by atoms with Crippen LogP contribution in [0.15, 0.2) is 18.3 Å². The van der Waals surface area contributed by atoms with Gasteiger partial charge < -0.3 is 15.2 Å². The van der Waals surface area contributed by atoms with E-state index >= 15 is 0 Å². The largest absolute Gasteiger partial charge is 0.548 e. The van der Waals surface area contributed by atoms with Crippen molar-refractivity contribution in [3.05, 3.63) is 29.0 Å². The molecule has 0 saturated carbocycles. The molecule has 0 spiro atoms. The summed E-state index contributed by atoms with van der Waals surface area (Å²) in [5.74, 6) is -1.95. The zero-order valence-corrected chi connectivity index (χ0v) is 7.75. The normalized spacial score (nSPS) is 9.50. The van der Waals surface area contributed by atoms with Crippen molar-refractivity contribution >= 4 is 23.5 Å². The highest BCUT2D eigenvalue weighted by Crippen LogP contribution is 2.10. The van der Waals surface area contributed by atoms with Gasteiger partial charge in [-0.05, 0) is 12.1 Å². The molecule has 5 nitrogen and oxygen atoms in total. The Morgan fingerprint density at radius 2 is 2.29 bits per heavy atom. The van der Waals surface area contributed by atoms with Gasteiger partial charge in [0.15, 0.2) is 0 Å². The Balaban J connectivity index is 2.70. The van der Waals surface area contributed by atoms with Crippen LogP contribution in [-0.2, 0) is 4.79 Å². The minimum Gasteiger partial charge on any atom is -0.548 e. The average Bonchev–Trinajstić information content (AvgIpc) is 2.15. The molecule has 1 aromatic rings. The van der Waals surface area contributed by atoms with Crippen LogP contribution in [0.3, 0.4) is 0 Å². The van der Waals surface area contributed by atoms with Gasteiger partial charge in [0, 0.05) is 6.20 Å². The average molecular weight is 214 g/mol. The van der Waals surface area contributed by atoms with Crippen molar-refractivity contribution in [2.45, 2.75) is 0 Å². The number of nitrogens with zero attached hydrogens (tertiary/aromatic N) is 1. The minimum absolute atomic E-state index is 0.0309. The number of carboxylic acids is 1. The lowest BCUT2D eigenvalue weighted by Crippen LogP contribution is -2.37. The number of nitrogens with one attached hydrogen (secondary N) is 1. The van der Waals surface area contributed by atoms with Gasteiger partial charge in [-0.25, -0.2) is 4.98 Å². The molecule has 0 radical (unpaired) electrons. The molecule has 14 heavy (non-hydrogen) atoms. The first-order chi connectivity index (χ1) is 6.61. The second-order valence-corrected chi connectivity index (χ2v) is 2.75. The maximum Gasteiger partial charge on any atom is 0.254 e. The van der Waals surface area contributed by atoms with Crippen molar-refractivity contribution in [2.75, 3.05) is 6.54 Å². The van der Waals surface area contributed by atoms with Gasteiger partial charge in [-0.2, -0.15) is 0 Å². The minimum atomic E-state index is -1.36. The van der Waals surface area contributed by atoms with Crippen LogP contribution in [0.1, 0.15) is 10.4 Å². The molecular formula is C8H6ClN2O3-. The third-order valence-electron chi connectivity index (χ3n) is 1.40. The number of amides is 1. The smallest absolute Gasteiger partial charge is 0.254 e. The number of carboxylic acid groups (broad SMARTS) is 1. The molecule has 1 rings (SSSR count). The van der Waals surface area contributed by atoms with E-state index in [1.54, 1.807) is 0 Å². The zero-order valence-electron chi connectivity index (χ0n) is 6.99. The fourth-order valence-electron chi connectivity index (χ4n) is 0.803. The molecule has 0 aliphatic rings. The van der Waals surface area contributed by atoms with Crippen LogP contribution in [0.25, 0.3) is 0 Å². The van der Waals surface area contributed by atoms with Crippen molar-refractivity contribution in [2.24, 2.45) is 0 Å². The van der Waals surface area contributed by atoms with Gasteiger partial charge in [0.05, 0.1) is 18.1 Å². The van der Waals surface area contributed by atoms with Crippen molar-refractivity contribution in [1.82, 2.24) is 10.3 Å². The summed E-state index contributed by atoms with van der Waals surface area (Å²) in [5, 5.41) is 12.2. The van der Waals surface area contributed by atoms with Gasteiger partial charge >= 0.3 is 0 Å². The van der Waals surface area contributed by atoms with Crippen molar-refractivity contribution < 1.29 is 14.7 Å². The molecule has 1 aromatic heterocycles. The summed E-state index contributed by atoms with van der Waals surface area (Å²) in [6.45, 7) is -0.552. The first-order valence-corrected chi connectivity index (χ1v) is 4.07. The second kappa shape index (κ2) is 4.57. The Bertz CT molecular complexity index is 367. The number of carbonyl (C=O) groups is 2. The molecule has 0 atom stereocenters. The molecule has 0 unspecified atom stereocenters. The van der Waals surface area contributed by atoms with Crippen molar-refractivity contribution in [1.29, 1.82) is 0 Å². The molecule has 1 amide bonds. The molecular weight excluding hydrogens is 208 g/mol. The van der Waals surface area contributed by atoms with E-state index in [0.29, 0.717) is 0 Å². The monoisotopic (exact) mass is 213 g/mol. The van der Waals surface area contributed by atoms with Crippen LogP contribution >= 0.6 is 11.6 Å². The summed E-state index contributed by atoms with van der Waals surface area (Å²) in [4.78, 5) is 25.0. The van der Waals surface area contributed by atoms with Gasteiger partial charge in [0.2, 0.25) is 0 Å². The van der Waals surface area contributed by atoms with Crippen LogP contribution in [0.5, 0.6) is 0 Å². The molecule has 1 heterocycles. The first-order valence-electron chi connectivity index (χ1n) is 3.70. The van der Waals surface area contributed by atoms with Crippen LogP contribution in [0.4, 0.5) is 0 Å². The lowest BCUT2D eigenvalue weighted by Gasteiger charge is -2.05. The number of halogens is 1. The maximum absolute atomic E-state index is 11.2. The van der Waals surface area contributed by atoms with E-state index in [2.05, 4.69) is 10.3 Å². The molecule has 1 N–H and O–H groups in total. The molecule has 0 bridgehead atoms. The summed E-state index contributed by atoms with van der Waals surface area (Å²) in [5.41, 5.74) is 0.135. The van der Waals surface area contributed by atoms with E-state index in [9.17, 15) is 14.7 Å². The van der Waals surface area contributed by atoms with E-state index in [1.165, 1.54) is 18.3 Å². The number of pyridine rings is 1. The lowest BCUT2D eigenvalue weighted by atomic mass is 10.3. The third kappa shape index (κ3) is 2.70. The number of carbonyl (C=O) groups excluding carboxylic acids is 2. The van der Waals surface area contributed by atoms with E-state index in [4.69, 9.17) is 11.6 Å². The predicted octanol–water partition coefficient (Wildman–Crippen LogP) is -0.785. The molecule has 0 saturated heterocycles. The van der Waals surface area contributed by atoms with Crippen LogP contribution in [0.2, 0.25) is 5.15 Å². The standard InChI is InChI=1S/C8H7ClN2O3/c9-7-5(2-1-3-10-7)8(14)11-4-6(12)13/h1-3H,4H2,(H,11,14)(H,12,13)/p-1. The van der Waals surface area contributed by atoms with Crippen LogP contribution in [0, 0.1) is 0 Å². The number of aromatic nitrogens is 1. The summed E-state index contributed by atoms with van der Waals surface area (Å²) in [6, 6.07) is 2.97. The van der Waals surface area contributed by atoms with E-state index < -0.39 is 18.4 Å². The number of rotatable bonds is 3. The molecule has 0 aromatic carbocycles. The molecule has 0 aliphatic carbocycles. The van der Waals surface area contributed by atoms with Gasteiger partial charge in [-0.3, -0.25) is 4.79 Å². The zero-order chi connectivity index (χ0) is 10.6. The predicted molar refractivity (Wildman–Crippen MR) is 46.6 cm³/mol. The van der Waals surface area contributed by atoms with E-state index in [1.807, 2.05) is 0 Å². The Hall–Kier alpha value is -1.62. The maximum atomic E-state index is 11.2. The van der Waals surface area contributed by atoms with Gasteiger partial charge in [0.1, 0.15) is 5.15 Å².